The highest BCUT2D eigenvalue weighted by Crippen LogP contribution is 2.37. The molecule has 2 aromatic carbocycles. The average molecular weight is 589 g/mol. The Labute approximate surface area is 251 Å². The number of amides is 1. The van der Waals surface area contributed by atoms with Crippen LogP contribution in [0.2, 0.25) is 0 Å². The number of nitrogens with one attached hydrogen (secondary N) is 1. The van der Waals surface area contributed by atoms with Crippen molar-refractivity contribution in [2.24, 2.45) is 0 Å². The number of para-hydroxylation sites is 1. The van der Waals surface area contributed by atoms with Gasteiger partial charge in [0.15, 0.2) is 0 Å². The number of piperidine rings is 1. The van der Waals surface area contributed by atoms with E-state index < -0.39 is 12.7 Å². The average Bonchev–Trinajstić information content (AvgIpc) is 3.32. The molecule has 5 rings (SSSR count). The van der Waals surface area contributed by atoms with Crippen LogP contribution in [0.5, 0.6) is 0 Å². The van der Waals surface area contributed by atoms with Gasteiger partial charge in [0.1, 0.15) is 11.6 Å². The lowest BCUT2D eigenvalue weighted by molar-refractivity contribution is -0.132. The van der Waals surface area contributed by atoms with Gasteiger partial charge in [0.25, 0.3) is 0 Å². The maximum Gasteiger partial charge on any atom is 0.222 e. The quantitative estimate of drug-likeness (QED) is 0.192. The van der Waals surface area contributed by atoms with Gasteiger partial charge >= 0.3 is 0 Å². The number of likely N-dealkylation sites (tertiary alicyclic amines) is 1. The van der Waals surface area contributed by atoms with E-state index in [1.165, 1.54) is 11.6 Å². The number of aryl methyl sites for hydroxylation is 2. The second-order valence-corrected chi connectivity index (χ2v) is 11.4. The molecule has 9 heteroatoms. The maximum absolute atomic E-state index is 15.0. The number of nitrogens with zero attached hydrogens (tertiary/aromatic N) is 3. The Bertz CT molecular complexity index is 1520. The lowest BCUT2D eigenvalue weighted by Crippen LogP contribution is -2.40. The summed E-state index contributed by atoms with van der Waals surface area (Å²) in [7, 11) is 0. The molecule has 1 fully saturated rings. The predicted octanol–water partition coefficient (Wildman–Crippen LogP) is 4.64. The number of aromatic nitrogens is 2. The number of rotatable bonds is 12. The van der Waals surface area contributed by atoms with E-state index in [2.05, 4.69) is 34.6 Å². The molecule has 1 aliphatic rings. The molecule has 1 amide bonds. The summed E-state index contributed by atoms with van der Waals surface area (Å²) in [4.78, 5) is 19.6. The second-order valence-electron chi connectivity index (χ2n) is 11.4. The summed E-state index contributed by atoms with van der Waals surface area (Å²) in [6, 6.07) is 17.2. The number of fused-ring (bicyclic) bond motifs is 1. The lowest BCUT2D eigenvalue weighted by Gasteiger charge is -2.34. The highest BCUT2D eigenvalue weighted by atomic mass is 19.1. The minimum atomic E-state index is -0.999. The van der Waals surface area contributed by atoms with Crippen molar-refractivity contribution in [3.05, 3.63) is 83.4 Å². The van der Waals surface area contributed by atoms with Crippen molar-refractivity contribution in [2.75, 3.05) is 38.2 Å². The van der Waals surface area contributed by atoms with Crippen molar-refractivity contribution in [1.29, 1.82) is 0 Å². The fourth-order valence-corrected chi connectivity index (χ4v) is 6.28. The molecule has 0 saturated carbocycles. The van der Waals surface area contributed by atoms with Crippen LogP contribution in [0.1, 0.15) is 48.4 Å². The Hall–Kier alpha value is -3.79. The summed E-state index contributed by atoms with van der Waals surface area (Å²) in [5.41, 5.74) is 5.61. The number of hydrogen-bond donors (Lipinski definition) is 4. The van der Waals surface area contributed by atoms with E-state index in [1.54, 1.807) is 6.07 Å². The van der Waals surface area contributed by atoms with E-state index in [4.69, 9.17) is 5.11 Å². The van der Waals surface area contributed by atoms with E-state index in [1.807, 2.05) is 40.8 Å². The van der Waals surface area contributed by atoms with Crippen LogP contribution in [-0.2, 0) is 17.8 Å². The van der Waals surface area contributed by atoms with Crippen LogP contribution < -0.4 is 5.32 Å². The normalized spacial score (nSPS) is 16.0. The summed E-state index contributed by atoms with van der Waals surface area (Å²) in [6.45, 7) is 3.46. The van der Waals surface area contributed by atoms with Crippen LogP contribution in [0, 0.1) is 12.7 Å². The SMILES string of the molecule is Cc1c(C2CCCN(C(=O)CCCc3ccc(-c4ccc(NCCO)nc4)cc3)C2)n(CC(O)CO)c2c(F)cccc12. The molecule has 228 valence electrons. The number of pyridine rings is 1. The van der Waals surface area contributed by atoms with Gasteiger partial charge in [-0.2, -0.15) is 0 Å². The Morgan fingerprint density at radius 2 is 1.91 bits per heavy atom. The Kier molecular flexibility index (Phi) is 10.1. The first-order chi connectivity index (χ1) is 20.9. The molecule has 0 bridgehead atoms. The number of benzene rings is 2. The molecule has 3 heterocycles. The molecular formula is C34H41FN4O4. The summed E-state index contributed by atoms with van der Waals surface area (Å²) in [6.07, 6.45) is 4.56. The minimum Gasteiger partial charge on any atom is -0.395 e. The number of carbonyl (C=O) groups excluding carboxylic acids is 1. The van der Waals surface area contributed by atoms with Gasteiger partial charge in [-0.05, 0) is 67.5 Å². The molecule has 0 radical (unpaired) electrons. The fourth-order valence-electron chi connectivity index (χ4n) is 6.28. The van der Waals surface area contributed by atoms with Gasteiger partial charge in [-0.25, -0.2) is 9.37 Å². The lowest BCUT2D eigenvalue weighted by atomic mass is 9.91. The van der Waals surface area contributed by atoms with Gasteiger partial charge in [-0.3, -0.25) is 4.79 Å². The predicted molar refractivity (Wildman–Crippen MR) is 166 cm³/mol. The first kappa shape index (κ1) is 30.7. The molecule has 8 nitrogen and oxygen atoms in total. The van der Waals surface area contributed by atoms with E-state index >= 15 is 0 Å². The monoisotopic (exact) mass is 588 g/mol. The summed E-state index contributed by atoms with van der Waals surface area (Å²) in [5, 5.41) is 32.6. The Morgan fingerprint density at radius 3 is 2.63 bits per heavy atom. The zero-order valence-electron chi connectivity index (χ0n) is 24.7. The summed E-state index contributed by atoms with van der Waals surface area (Å²) < 4.78 is 16.8. The van der Waals surface area contributed by atoms with Gasteiger partial charge in [0.2, 0.25) is 5.91 Å². The molecule has 1 saturated heterocycles. The van der Waals surface area contributed by atoms with Crippen molar-refractivity contribution in [3.63, 3.8) is 0 Å². The van der Waals surface area contributed by atoms with Crippen molar-refractivity contribution in [1.82, 2.24) is 14.5 Å². The Balaban J connectivity index is 1.20. The largest absolute Gasteiger partial charge is 0.395 e. The molecule has 43 heavy (non-hydrogen) atoms. The minimum absolute atomic E-state index is 0.0250. The van der Waals surface area contributed by atoms with Crippen LogP contribution in [0.4, 0.5) is 10.2 Å². The van der Waals surface area contributed by atoms with Crippen LogP contribution in [0.3, 0.4) is 0 Å². The third kappa shape index (κ3) is 7.06. The number of aliphatic hydroxyl groups is 3. The number of anilines is 1. The fraction of sp³-hybridized carbons (Fsp3) is 0.412. The molecule has 4 N–H and O–H groups in total. The van der Waals surface area contributed by atoms with Crippen LogP contribution in [0.15, 0.2) is 60.8 Å². The summed E-state index contributed by atoms with van der Waals surface area (Å²) in [5.74, 6) is 0.530. The molecule has 2 atom stereocenters. The van der Waals surface area contributed by atoms with Gasteiger partial charge in [-0.15, -0.1) is 0 Å². The van der Waals surface area contributed by atoms with E-state index in [0.29, 0.717) is 31.6 Å². The van der Waals surface area contributed by atoms with E-state index in [-0.39, 0.29) is 30.8 Å². The maximum atomic E-state index is 15.0. The van der Waals surface area contributed by atoms with Gasteiger partial charge in [-0.1, -0.05) is 36.4 Å². The zero-order chi connectivity index (χ0) is 30.3. The first-order valence-corrected chi connectivity index (χ1v) is 15.1. The number of halogens is 1. The third-order valence-electron chi connectivity index (χ3n) is 8.43. The van der Waals surface area contributed by atoms with Crippen LogP contribution in [-0.4, -0.2) is 74.6 Å². The van der Waals surface area contributed by atoms with Crippen molar-refractivity contribution >= 4 is 22.6 Å². The van der Waals surface area contributed by atoms with Crippen molar-refractivity contribution < 1.29 is 24.5 Å². The highest BCUT2D eigenvalue weighted by molar-refractivity contribution is 5.86. The smallest absolute Gasteiger partial charge is 0.222 e. The molecule has 2 aromatic heterocycles. The van der Waals surface area contributed by atoms with Gasteiger partial charge in [0, 0.05) is 54.8 Å². The molecule has 0 spiro atoms. The van der Waals surface area contributed by atoms with Gasteiger partial charge in [0.05, 0.1) is 31.4 Å². The molecular weight excluding hydrogens is 547 g/mol. The topological polar surface area (TPSA) is 111 Å². The standard InChI is InChI=1S/C34H41FN4O4/c1-23-29-7-3-8-30(35)34(29)39(21-28(42)22-41)33(23)27-6-4-17-38(20-27)32(43)9-2-5-24-10-12-25(13-11-24)26-14-15-31(37-19-26)36-16-18-40/h3,7-8,10-15,19,27-28,40-42H,2,4-6,9,16-18,20-22H2,1H3,(H,36,37). The van der Waals surface area contributed by atoms with Crippen molar-refractivity contribution in [3.8, 4) is 11.1 Å². The zero-order valence-corrected chi connectivity index (χ0v) is 24.7. The molecule has 1 aliphatic heterocycles. The van der Waals surface area contributed by atoms with Crippen LogP contribution in [0.25, 0.3) is 22.0 Å². The third-order valence-corrected chi connectivity index (χ3v) is 8.43. The van der Waals surface area contributed by atoms with Crippen LogP contribution >= 0.6 is 0 Å². The number of hydrogen-bond acceptors (Lipinski definition) is 6. The number of carbonyl (C=O) groups is 1. The second kappa shape index (κ2) is 14.1. The Morgan fingerprint density at radius 1 is 1.12 bits per heavy atom. The molecule has 2 unspecified atom stereocenters. The first-order valence-electron chi connectivity index (χ1n) is 15.1. The van der Waals surface area contributed by atoms with E-state index in [9.17, 15) is 19.4 Å². The van der Waals surface area contributed by atoms with Crippen molar-refractivity contribution in [2.45, 2.75) is 57.6 Å². The number of aliphatic hydroxyl groups excluding tert-OH is 3. The molecule has 0 aliphatic carbocycles. The van der Waals surface area contributed by atoms with Gasteiger partial charge < -0.3 is 30.1 Å². The molecule has 4 aromatic rings. The summed E-state index contributed by atoms with van der Waals surface area (Å²) >= 11 is 0. The van der Waals surface area contributed by atoms with E-state index in [0.717, 1.165) is 59.3 Å². The highest BCUT2D eigenvalue weighted by Gasteiger charge is 2.30.